The van der Waals surface area contributed by atoms with E-state index >= 15 is 0 Å². The number of carbonyl (C=O) groups is 1. The predicted octanol–water partition coefficient (Wildman–Crippen LogP) is 3.14. The quantitative estimate of drug-likeness (QED) is 0.786. The average molecular weight is 253 g/mol. The van der Waals surface area contributed by atoms with Crippen LogP contribution in [-0.4, -0.2) is 35.6 Å². The molecule has 0 spiro atoms. The van der Waals surface area contributed by atoms with Crippen molar-refractivity contribution in [2.75, 3.05) is 19.6 Å². The van der Waals surface area contributed by atoms with Gasteiger partial charge < -0.3 is 10.0 Å². The smallest absolute Gasteiger partial charge is 0.310 e. The zero-order chi connectivity index (χ0) is 13.0. The summed E-state index contributed by atoms with van der Waals surface area (Å²) in [7, 11) is 0. The number of nitrogens with zero attached hydrogens (tertiary/aromatic N) is 1. The van der Waals surface area contributed by atoms with Crippen molar-refractivity contribution in [3.63, 3.8) is 0 Å². The molecule has 2 fully saturated rings. The number of aliphatic carboxylic acids is 1. The van der Waals surface area contributed by atoms with Gasteiger partial charge in [-0.2, -0.15) is 0 Å². The second-order valence-electron chi connectivity index (χ2n) is 6.48. The van der Waals surface area contributed by atoms with Crippen molar-refractivity contribution in [3.05, 3.63) is 0 Å². The van der Waals surface area contributed by atoms with E-state index in [0.29, 0.717) is 0 Å². The summed E-state index contributed by atoms with van der Waals surface area (Å²) < 4.78 is 0. The lowest BCUT2D eigenvalue weighted by molar-refractivity contribution is -0.151. The number of hydrogen-bond acceptors (Lipinski definition) is 2. The molecule has 104 valence electrons. The van der Waals surface area contributed by atoms with Gasteiger partial charge in [-0.05, 0) is 38.1 Å². The van der Waals surface area contributed by atoms with E-state index in [1.54, 1.807) is 0 Å². The molecule has 0 aromatic carbocycles. The van der Waals surface area contributed by atoms with E-state index in [1.165, 1.54) is 25.7 Å². The molecular formula is C15H27NO2. The average Bonchev–Trinajstić information content (AvgIpc) is 2.55. The van der Waals surface area contributed by atoms with E-state index < -0.39 is 11.4 Å². The number of piperidine rings is 1. The van der Waals surface area contributed by atoms with Crippen LogP contribution in [0.1, 0.15) is 58.3 Å². The van der Waals surface area contributed by atoms with Crippen molar-refractivity contribution in [3.8, 4) is 0 Å². The van der Waals surface area contributed by atoms with E-state index in [1.807, 2.05) is 0 Å². The fourth-order valence-electron chi connectivity index (χ4n) is 3.70. The highest BCUT2D eigenvalue weighted by Gasteiger charge is 2.40. The number of carboxylic acid groups (broad SMARTS) is 1. The largest absolute Gasteiger partial charge is 0.481 e. The molecule has 2 rings (SSSR count). The molecule has 1 N–H and O–H groups in total. The molecule has 3 nitrogen and oxygen atoms in total. The third-order valence-corrected chi connectivity index (χ3v) is 4.78. The van der Waals surface area contributed by atoms with Crippen LogP contribution in [-0.2, 0) is 4.79 Å². The van der Waals surface area contributed by atoms with Gasteiger partial charge in [0.15, 0.2) is 0 Å². The Morgan fingerprint density at radius 1 is 1.22 bits per heavy atom. The molecule has 2 aliphatic rings. The maximum absolute atomic E-state index is 11.8. The van der Waals surface area contributed by atoms with Crippen molar-refractivity contribution in [2.24, 2.45) is 11.3 Å². The maximum Gasteiger partial charge on any atom is 0.310 e. The molecule has 0 radical (unpaired) electrons. The zero-order valence-electron chi connectivity index (χ0n) is 11.7. The monoisotopic (exact) mass is 253 g/mol. The summed E-state index contributed by atoms with van der Waals surface area (Å²) in [5, 5.41) is 9.68. The second-order valence-corrected chi connectivity index (χ2v) is 6.48. The lowest BCUT2D eigenvalue weighted by Crippen LogP contribution is -2.46. The van der Waals surface area contributed by atoms with Gasteiger partial charge >= 0.3 is 5.97 Å². The van der Waals surface area contributed by atoms with Gasteiger partial charge in [0.25, 0.3) is 0 Å². The molecule has 1 aliphatic carbocycles. The van der Waals surface area contributed by atoms with Crippen molar-refractivity contribution >= 4 is 5.97 Å². The molecule has 0 aromatic heterocycles. The number of hydrogen-bond donors (Lipinski definition) is 1. The predicted molar refractivity (Wildman–Crippen MR) is 72.6 cm³/mol. The zero-order valence-corrected chi connectivity index (χ0v) is 11.7. The van der Waals surface area contributed by atoms with Crippen molar-refractivity contribution in [1.29, 1.82) is 0 Å². The summed E-state index contributed by atoms with van der Waals surface area (Å²) in [5.74, 6) is 0.179. The number of carboxylic acids is 1. The maximum atomic E-state index is 11.8. The van der Waals surface area contributed by atoms with Gasteiger partial charge in [-0.1, -0.05) is 32.6 Å². The third kappa shape index (κ3) is 3.25. The first-order valence-corrected chi connectivity index (χ1v) is 7.58. The molecule has 1 unspecified atom stereocenters. The van der Waals surface area contributed by atoms with Crippen molar-refractivity contribution < 1.29 is 9.90 Å². The van der Waals surface area contributed by atoms with E-state index in [0.717, 1.165) is 51.2 Å². The number of likely N-dealkylation sites (tertiary alicyclic amines) is 1. The molecular weight excluding hydrogens is 226 g/mol. The summed E-state index contributed by atoms with van der Waals surface area (Å²) in [6, 6.07) is 0. The summed E-state index contributed by atoms with van der Waals surface area (Å²) in [5.41, 5.74) is -0.451. The minimum atomic E-state index is -0.553. The fourth-order valence-corrected chi connectivity index (χ4v) is 3.70. The molecule has 0 bridgehead atoms. The highest BCUT2D eigenvalue weighted by Crippen LogP contribution is 2.37. The van der Waals surface area contributed by atoms with Gasteiger partial charge in [0.05, 0.1) is 5.41 Å². The highest BCUT2D eigenvalue weighted by atomic mass is 16.4. The topological polar surface area (TPSA) is 40.5 Å². The van der Waals surface area contributed by atoms with Gasteiger partial charge in [-0.3, -0.25) is 4.79 Å². The first kappa shape index (κ1) is 13.9. The van der Waals surface area contributed by atoms with Crippen molar-refractivity contribution in [1.82, 2.24) is 4.90 Å². The van der Waals surface area contributed by atoms with Gasteiger partial charge in [0.1, 0.15) is 0 Å². The summed E-state index contributed by atoms with van der Waals surface area (Å²) in [6.45, 7) is 5.26. The number of rotatable bonds is 3. The van der Waals surface area contributed by atoms with Crippen LogP contribution in [0.3, 0.4) is 0 Å². The lowest BCUT2D eigenvalue weighted by atomic mass is 9.79. The van der Waals surface area contributed by atoms with Crippen LogP contribution in [0.25, 0.3) is 0 Å². The summed E-state index contributed by atoms with van der Waals surface area (Å²) in [4.78, 5) is 14.2. The minimum Gasteiger partial charge on any atom is -0.481 e. The highest BCUT2D eigenvalue weighted by molar-refractivity contribution is 5.75. The van der Waals surface area contributed by atoms with Crippen LogP contribution < -0.4 is 0 Å². The first-order chi connectivity index (χ1) is 8.62. The Morgan fingerprint density at radius 2 is 1.89 bits per heavy atom. The van der Waals surface area contributed by atoms with Gasteiger partial charge in [-0.25, -0.2) is 0 Å². The van der Waals surface area contributed by atoms with Crippen LogP contribution in [0.2, 0.25) is 0 Å². The molecule has 1 saturated carbocycles. The molecule has 1 heterocycles. The normalized spacial score (nSPS) is 29.7. The van der Waals surface area contributed by atoms with Crippen LogP contribution in [0.15, 0.2) is 0 Å². The molecule has 1 aliphatic heterocycles. The Kier molecular flexibility index (Phi) is 4.66. The van der Waals surface area contributed by atoms with Crippen molar-refractivity contribution in [2.45, 2.75) is 58.3 Å². The van der Waals surface area contributed by atoms with Gasteiger partial charge in [-0.15, -0.1) is 0 Å². The minimum absolute atomic E-state index is 0.451. The Labute approximate surface area is 111 Å². The Bertz CT molecular complexity index is 282. The molecule has 18 heavy (non-hydrogen) atoms. The fraction of sp³-hybridized carbons (Fsp3) is 0.933. The molecule has 3 heteroatoms. The molecule has 0 amide bonds. The van der Waals surface area contributed by atoms with E-state index in [4.69, 9.17) is 0 Å². The molecule has 1 atom stereocenters. The second kappa shape index (κ2) is 6.05. The Morgan fingerprint density at radius 3 is 2.44 bits per heavy atom. The van der Waals surface area contributed by atoms with Gasteiger partial charge in [0, 0.05) is 13.1 Å². The van der Waals surface area contributed by atoms with E-state index in [-0.39, 0.29) is 0 Å². The standard InChI is InChI=1S/C15H27NO2/c1-13-7-6-10-16(11-13)12-15(14(17)18)8-4-2-3-5-9-15/h13H,2-12H2,1H3,(H,17,18). The van der Waals surface area contributed by atoms with Gasteiger partial charge in [0.2, 0.25) is 0 Å². The van der Waals surface area contributed by atoms with E-state index in [9.17, 15) is 9.90 Å². The Balaban J connectivity index is 2.02. The Hall–Kier alpha value is -0.570. The van der Waals surface area contributed by atoms with Crippen LogP contribution in [0.4, 0.5) is 0 Å². The lowest BCUT2D eigenvalue weighted by Gasteiger charge is -2.38. The van der Waals surface area contributed by atoms with E-state index in [2.05, 4.69) is 11.8 Å². The summed E-state index contributed by atoms with van der Waals surface area (Å²) in [6.07, 6.45) is 8.91. The molecule has 1 saturated heterocycles. The molecule has 0 aromatic rings. The van der Waals surface area contributed by atoms with Crippen LogP contribution in [0, 0.1) is 11.3 Å². The first-order valence-electron chi connectivity index (χ1n) is 7.58. The van der Waals surface area contributed by atoms with Crippen LogP contribution in [0.5, 0.6) is 0 Å². The third-order valence-electron chi connectivity index (χ3n) is 4.78. The van der Waals surface area contributed by atoms with Crippen LogP contribution >= 0.6 is 0 Å². The summed E-state index contributed by atoms with van der Waals surface area (Å²) >= 11 is 0. The SMILES string of the molecule is CC1CCCN(CC2(C(=O)O)CCCCCC2)C1.